The van der Waals surface area contributed by atoms with Crippen molar-refractivity contribution in [2.24, 2.45) is 0 Å². The summed E-state index contributed by atoms with van der Waals surface area (Å²) in [4.78, 5) is 3.97. The van der Waals surface area contributed by atoms with Gasteiger partial charge in [-0.25, -0.2) is 13.4 Å². The molecule has 1 aliphatic heterocycles. The zero-order valence-corrected chi connectivity index (χ0v) is 10.4. The third kappa shape index (κ3) is 2.41. The lowest BCUT2D eigenvalue weighted by Crippen LogP contribution is -2.46. The molecule has 1 aliphatic rings. The van der Waals surface area contributed by atoms with Crippen LogP contribution in [0.25, 0.3) is 0 Å². The summed E-state index contributed by atoms with van der Waals surface area (Å²) in [6.45, 7) is 3.03. The minimum absolute atomic E-state index is 0.161. The van der Waals surface area contributed by atoms with Crippen molar-refractivity contribution in [1.82, 2.24) is 9.29 Å². The van der Waals surface area contributed by atoms with Gasteiger partial charge >= 0.3 is 0 Å². The van der Waals surface area contributed by atoms with Gasteiger partial charge in [-0.1, -0.05) is 0 Å². The Morgan fingerprint density at radius 2 is 2.29 bits per heavy atom. The number of sulfonamides is 1. The topological polar surface area (TPSA) is 85.5 Å². The molecule has 0 unspecified atom stereocenters. The van der Waals surface area contributed by atoms with Crippen LogP contribution in [0.5, 0.6) is 0 Å². The van der Waals surface area contributed by atoms with Gasteiger partial charge in [0.05, 0.1) is 13.2 Å². The number of nitrogens with two attached hydrogens (primary N) is 1. The second kappa shape index (κ2) is 4.59. The molecule has 2 N–H and O–H groups in total. The molecule has 0 saturated carbocycles. The van der Waals surface area contributed by atoms with Crippen LogP contribution in [0, 0.1) is 0 Å². The molecule has 0 spiro atoms. The summed E-state index contributed by atoms with van der Waals surface area (Å²) >= 11 is 0. The first kappa shape index (κ1) is 12.3. The summed E-state index contributed by atoms with van der Waals surface area (Å²) in [6, 6.07) is 2.80. The number of hydrogen-bond donors (Lipinski definition) is 1. The van der Waals surface area contributed by atoms with Crippen molar-refractivity contribution >= 4 is 15.8 Å². The number of morpholine rings is 1. The molecule has 7 heteroatoms. The van der Waals surface area contributed by atoms with Gasteiger partial charge in [-0.05, 0) is 19.1 Å². The molecule has 1 aromatic rings. The Morgan fingerprint density at radius 1 is 1.53 bits per heavy atom. The van der Waals surface area contributed by atoms with Crippen LogP contribution < -0.4 is 5.73 Å². The third-order valence-corrected chi connectivity index (χ3v) is 4.67. The molecule has 1 atom stereocenters. The molecule has 94 valence electrons. The minimum atomic E-state index is -3.49. The monoisotopic (exact) mass is 257 g/mol. The van der Waals surface area contributed by atoms with E-state index >= 15 is 0 Å². The molecule has 0 amide bonds. The standard InChI is InChI=1S/C10H15N3O3S/c1-8-7-16-5-4-13(8)17(14,15)9-2-3-10(11)12-6-9/h2-3,6,8H,4-5,7H2,1H3,(H2,11,12)/t8-/m1/s1. The van der Waals surface area contributed by atoms with Crippen LogP contribution >= 0.6 is 0 Å². The summed E-state index contributed by atoms with van der Waals surface area (Å²) in [6.07, 6.45) is 1.28. The molecule has 0 aromatic carbocycles. The van der Waals surface area contributed by atoms with Gasteiger partial charge in [0.1, 0.15) is 10.7 Å². The molecule has 0 bridgehead atoms. The minimum Gasteiger partial charge on any atom is -0.384 e. The summed E-state index contributed by atoms with van der Waals surface area (Å²) < 4.78 is 31.3. The maximum atomic E-state index is 12.3. The zero-order valence-electron chi connectivity index (χ0n) is 9.54. The molecule has 1 fully saturated rings. The molecule has 1 aromatic heterocycles. The highest BCUT2D eigenvalue weighted by molar-refractivity contribution is 7.89. The van der Waals surface area contributed by atoms with Crippen LogP contribution in [0.2, 0.25) is 0 Å². The molecule has 0 aliphatic carbocycles. The lowest BCUT2D eigenvalue weighted by atomic mass is 10.3. The van der Waals surface area contributed by atoms with Crippen LogP contribution in [0.1, 0.15) is 6.92 Å². The number of nitrogen functional groups attached to an aromatic ring is 1. The van der Waals surface area contributed by atoms with Crippen LogP contribution in [0.15, 0.2) is 23.2 Å². The van der Waals surface area contributed by atoms with E-state index in [-0.39, 0.29) is 10.9 Å². The average molecular weight is 257 g/mol. The van der Waals surface area contributed by atoms with Crippen molar-refractivity contribution in [2.75, 3.05) is 25.5 Å². The first-order valence-corrected chi connectivity index (χ1v) is 6.77. The Labute approximate surface area is 100 Å². The van der Waals surface area contributed by atoms with Crippen molar-refractivity contribution in [3.8, 4) is 0 Å². The van der Waals surface area contributed by atoms with Gasteiger partial charge in [-0.15, -0.1) is 0 Å². The van der Waals surface area contributed by atoms with E-state index in [9.17, 15) is 8.42 Å². The second-order valence-electron chi connectivity index (χ2n) is 3.96. The molecule has 1 saturated heterocycles. The number of nitrogens with zero attached hydrogens (tertiary/aromatic N) is 2. The smallest absolute Gasteiger partial charge is 0.245 e. The number of rotatable bonds is 2. The Morgan fingerprint density at radius 3 is 2.88 bits per heavy atom. The predicted molar refractivity (Wildman–Crippen MR) is 62.8 cm³/mol. The Balaban J connectivity index is 2.32. The van der Waals surface area contributed by atoms with Gasteiger partial charge in [0.15, 0.2) is 0 Å². The first-order chi connectivity index (χ1) is 8.01. The van der Waals surface area contributed by atoms with Gasteiger partial charge in [0.25, 0.3) is 0 Å². The van der Waals surface area contributed by atoms with Gasteiger partial charge < -0.3 is 10.5 Å². The fraction of sp³-hybridized carbons (Fsp3) is 0.500. The highest BCUT2D eigenvalue weighted by Gasteiger charge is 2.31. The lowest BCUT2D eigenvalue weighted by molar-refractivity contribution is 0.0392. The van der Waals surface area contributed by atoms with Crippen molar-refractivity contribution in [3.63, 3.8) is 0 Å². The van der Waals surface area contributed by atoms with Crippen LogP contribution in [-0.2, 0) is 14.8 Å². The van der Waals surface area contributed by atoms with Gasteiger partial charge in [0.2, 0.25) is 10.0 Å². The highest BCUT2D eigenvalue weighted by Crippen LogP contribution is 2.20. The summed E-state index contributed by atoms with van der Waals surface area (Å²) in [5.74, 6) is 0.305. The quantitative estimate of drug-likeness (QED) is 0.810. The van der Waals surface area contributed by atoms with Gasteiger partial charge in [-0.3, -0.25) is 0 Å². The van der Waals surface area contributed by atoms with E-state index in [0.29, 0.717) is 25.6 Å². The molecule has 2 rings (SSSR count). The summed E-state index contributed by atoms with van der Waals surface area (Å²) in [5, 5.41) is 0. The number of ether oxygens (including phenoxy) is 1. The number of pyridine rings is 1. The van der Waals surface area contributed by atoms with Crippen molar-refractivity contribution in [3.05, 3.63) is 18.3 Å². The lowest BCUT2D eigenvalue weighted by Gasteiger charge is -2.32. The SMILES string of the molecule is C[C@@H]1COCCN1S(=O)(=O)c1ccc(N)nc1. The van der Waals surface area contributed by atoms with Crippen LogP contribution in [-0.4, -0.2) is 43.5 Å². The number of aromatic nitrogens is 1. The maximum absolute atomic E-state index is 12.3. The normalized spacial score (nSPS) is 22.5. The molecule has 2 heterocycles. The van der Waals surface area contributed by atoms with E-state index in [1.807, 2.05) is 6.92 Å². The molecular formula is C10H15N3O3S. The Hall–Kier alpha value is -1.18. The number of hydrogen-bond acceptors (Lipinski definition) is 5. The van der Waals surface area contributed by atoms with E-state index in [1.165, 1.54) is 22.6 Å². The van der Waals surface area contributed by atoms with Crippen molar-refractivity contribution in [1.29, 1.82) is 0 Å². The largest absolute Gasteiger partial charge is 0.384 e. The van der Waals surface area contributed by atoms with E-state index in [1.54, 1.807) is 0 Å². The Bertz CT molecular complexity index is 486. The molecular weight excluding hydrogens is 242 g/mol. The average Bonchev–Trinajstić information content (AvgIpc) is 2.30. The van der Waals surface area contributed by atoms with E-state index < -0.39 is 10.0 Å². The molecule has 6 nitrogen and oxygen atoms in total. The summed E-state index contributed by atoms with van der Waals surface area (Å²) in [5.41, 5.74) is 5.44. The van der Waals surface area contributed by atoms with Gasteiger partial charge in [-0.2, -0.15) is 4.31 Å². The fourth-order valence-corrected chi connectivity index (χ4v) is 3.29. The Kier molecular flexibility index (Phi) is 3.32. The summed E-state index contributed by atoms with van der Waals surface area (Å²) in [7, 11) is -3.49. The predicted octanol–water partition coefficient (Wildman–Crippen LogP) is 0.0732. The maximum Gasteiger partial charge on any atom is 0.245 e. The van der Waals surface area contributed by atoms with Crippen LogP contribution in [0.4, 0.5) is 5.82 Å². The third-order valence-electron chi connectivity index (χ3n) is 2.67. The van der Waals surface area contributed by atoms with Crippen molar-refractivity contribution < 1.29 is 13.2 Å². The van der Waals surface area contributed by atoms with Crippen molar-refractivity contribution in [2.45, 2.75) is 17.9 Å². The molecule has 0 radical (unpaired) electrons. The highest BCUT2D eigenvalue weighted by atomic mass is 32.2. The van der Waals surface area contributed by atoms with Gasteiger partial charge in [0, 0.05) is 18.8 Å². The second-order valence-corrected chi connectivity index (χ2v) is 5.85. The first-order valence-electron chi connectivity index (χ1n) is 5.33. The molecule has 17 heavy (non-hydrogen) atoms. The van der Waals surface area contributed by atoms with E-state index in [0.717, 1.165) is 0 Å². The zero-order chi connectivity index (χ0) is 12.5. The fourth-order valence-electron chi connectivity index (χ4n) is 1.75. The van der Waals surface area contributed by atoms with E-state index in [2.05, 4.69) is 4.98 Å². The van der Waals surface area contributed by atoms with Crippen LogP contribution in [0.3, 0.4) is 0 Å². The van der Waals surface area contributed by atoms with E-state index in [4.69, 9.17) is 10.5 Å². The number of anilines is 1.